The Morgan fingerprint density at radius 2 is 2.26 bits per heavy atom. The van der Waals surface area contributed by atoms with Crippen molar-refractivity contribution < 1.29 is 19.4 Å². The molecule has 7 heteroatoms. The van der Waals surface area contributed by atoms with Gasteiger partial charge >= 0.3 is 0 Å². The topological polar surface area (TPSA) is 95.2 Å². The first kappa shape index (κ1) is 17.4. The molecule has 2 heterocycles. The van der Waals surface area contributed by atoms with Crippen LogP contribution in [0.1, 0.15) is 37.5 Å². The van der Waals surface area contributed by atoms with Crippen LogP contribution in [-0.2, 0) is 9.53 Å². The lowest BCUT2D eigenvalue weighted by Crippen LogP contribution is -2.50. The van der Waals surface area contributed by atoms with E-state index in [1.807, 2.05) is 0 Å². The number of hydrazone groups is 1. The summed E-state index contributed by atoms with van der Waals surface area (Å²) in [6.07, 6.45) is 4.23. The number of aliphatic hydroxyl groups is 1. The van der Waals surface area contributed by atoms with Crippen LogP contribution in [-0.4, -0.2) is 40.2 Å². The molecule has 0 radical (unpaired) electrons. The molecule has 0 bridgehead atoms. The molecule has 27 heavy (non-hydrogen) atoms. The summed E-state index contributed by atoms with van der Waals surface area (Å²) in [4.78, 5) is 12.2. The van der Waals surface area contributed by atoms with E-state index in [4.69, 9.17) is 15.9 Å². The predicted octanol–water partition coefficient (Wildman–Crippen LogP) is 1.57. The molecule has 1 aromatic rings. The molecule has 2 aliphatic heterocycles. The Hall–Kier alpha value is -3.03. The van der Waals surface area contributed by atoms with Gasteiger partial charge in [0.2, 0.25) is 11.8 Å². The zero-order valence-corrected chi connectivity index (χ0v) is 15.0. The van der Waals surface area contributed by atoms with Crippen molar-refractivity contribution in [3.63, 3.8) is 0 Å². The van der Waals surface area contributed by atoms with Gasteiger partial charge < -0.3 is 14.6 Å². The number of hydrogen-bond donors (Lipinski definition) is 1. The lowest BCUT2D eigenvalue weighted by atomic mass is 9.87. The van der Waals surface area contributed by atoms with Crippen LogP contribution < -0.4 is 4.74 Å². The zero-order valence-electron chi connectivity index (χ0n) is 15.0. The predicted molar refractivity (Wildman–Crippen MR) is 95.3 cm³/mol. The highest BCUT2D eigenvalue weighted by atomic mass is 16.5. The third-order valence-corrected chi connectivity index (χ3v) is 5.20. The summed E-state index contributed by atoms with van der Waals surface area (Å²) in [6.45, 7) is 3.61. The fourth-order valence-corrected chi connectivity index (χ4v) is 3.56. The highest BCUT2D eigenvalue weighted by Gasteiger charge is 2.54. The van der Waals surface area contributed by atoms with E-state index in [0.29, 0.717) is 29.2 Å². The highest BCUT2D eigenvalue weighted by Crippen LogP contribution is 2.48. The van der Waals surface area contributed by atoms with Gasteiger partial charge in [-0.3, -0.25) is 4.79 Å². The molecule has 0 aromatic heterocycles. The largest absolute Gasteiger partial charge is 0.485 e. The second-order valence-electron chi connectivity index (χ2n) is 7.54. The Kier molecular flexibility index (Phi) is 3.87. The standard InChI is InChI=1S/C20H19N3O4/c1-4-7-23-19(25)13-9-12(13)18(22-23)26-16-14-8-11(10-21)5-6-15(14)27-20(2,3)17(16)24/h1,5-6,8,12-13,16-17,24H,7,9H2,2-3H3/t12-,13-,16-,17+/m1/s1. The number of benzene rings is 1. The van der Waals surface area contributed by atoms with Crippen LogP contribution in [0.2, 0.25) is 0 Å². The maximum atomic E-state index is 12.2. The number of nitrogens with zero attached hydrogens (tertiary/aromatic N) is 3. The molecule has 1 amide bonds. The summed E-state index contributed by atoms with van der Waals surface area (Å²) in [5.74, 6) is 3.02. The first-order chi connectivity index (χ1) is 12.9. The number of ether oxygens (including phenoxy) is 2. The molecule has 138 valence electrons. The van der Waals surface area contributed by atoms with Crippen molar-refractivity contribution in [2.75, 3.05) is 6.54 Å². The third kappa shape index (κ3) is 2.81. The minimum Gasteiger partial charge on any atom is -0.485 e. The van der Waals surface area contributed by atoms with Crippen molar-refractivity contribution in [1.29, 1.82) is 5.26 Å². The molecule has 0 spiro atoms. The normalized spacial score (nSPS) is 30.0. The Labute approximate surface area is 157 Å². The number of carbonyl (C=O) groups is 1. The van der Waals surface area contributed by atoms with E-state index in [9.17, 15) is 15.2 Å². The first-order valence-corrected chi connectivity index (χ1v) is 8.77. The van der Waals surface area contributed by atoms with Gasteiger partial charge in [0, 0.05) is 11.5 Å². The van der Waals surface area contributed by atoms with Crippen molar-refractivity contribution >= 4 is 11.8 Å². The van der Waals surface area contributed by atoms with E-state index in [-0.39, 0.29) is 24.3 Å². The van der Waals surface area contributed by atoms with Crippen molar-refractivity contribution in [3.05, 3.63) is 29.3 Å². The van der Waals surface area contributed by atoms with Gasteiger partial charge in [0.1, 0.15) is 24.0 Å². The van der Waals surface area contributed by atoms with Crippen molar-refractivity contribution in [1.82, 2.24) is 5.01 Å². The van der Waals surface area contributed by atoms with Crippen LogP contribution >= 0.6 is 0 Å². The number of fused-ring (bicyclic) bond motifs is 2. The summed E-state index contributed by atoms with van der Waals surface area (Å²) in [5.41, 5.74) is 0.135. The molecule has 3 aliphatic rings. The molecule has 4 atom stereocenters. The number of terminal acetylenes is 1. The number of aliphatic hydroxyl groups excluding tert-OH is 1. The molecule has 7 nitrogen and oxygen atoms in total. The van der Waals surface area contributed by atoms with Gasteiger partial charge in [-0.2, -0.15) is 5.26 Å². The van der Waals surface area contributed by atoms with Crippen LogP contribution in [0.4, 0.5) is 0 Å². The summed E-state index contributed by atoms with van der Waals surface area (Å²) < 4.78 is 12.0. The minimum absolute atomic E-state index is 0.0753. The first-order valence-electron chi connectivity index (χ1n) is 8.77. The minimum atomic E-state index is -0.988. The van der Waals surface area contributed by atoms with E-state index < -0.39 is 17.8 Å². The highest BCUT2D eigenvalue weighted by molar-refractivity contribution is 5.96. The van der Waals surface area contributed by atoms with E-state index in [1.165, 1.54) is 5.01 Å². The summed E-state index contributed by atoms with van der Waals surface area (Å²) in [5, 5.41) is 25.6. The Morgan fingerprint density at radius 3 is 2.96 bits per heavy atom. The lowest BCUT2D eigenvalue weighted by molar-refractivity contribution is -0.134. The SMILES string of the molecule is C#CCN1N=C(O[C@@H]2c3cc(C#N)ccc3OC(C)(C)[C@H]2O)[C@@H]2C[C@H]2C1=O. The Balaban J connectivity index is 1.71. The van der Waals surface area contributed by atoms with Crippen LogP contribution in [0.3, 0.4) is 0 Å². The van der Waals surface area contributed by atoms with Gasteiger partial charge in [0.15, 0.2) is 6.10 Å². The third-order valence-electron chi connectivity index (χ3n) is 5.20. The number of rotatable bonds is 2. The van der Waals surface area contributed by atoms with E-state index in [2.05, 4.69) is 17.1 Å². The molecule has 1 aliphatic carbocycles. The zero-order chi connectivity index (χ0) is 19.3. The fourth-order valence-electron chi connectivity index (χ4n) is 3.56. The average Bonchev–Trinajstić information content (AvgIpc) is 3.43. The number of hydrogen-bond acceptors (Lipinski definition) is 6. The molecule has 0 unspecified atom stereocenters. The van der Waals surface area contributed by atoms with Crippen LogP contribution in [0, 0.1) is 35.5 Å². The summed E-state index contributed by atoms with van der Waals surface area (Å²) in [7, 11) is 0. The van der Waals surface area contributed by atoms with Gasteiger partial charge in [-0.1, -0.05) is 5.92 Å². The molecular weight excluding hydrogens is 346 g/mol. The van der Waals surface area contributed by atoms with Crippen molar-refractivity contribution in [2.45, 2.75) is 38.1 Å². The quantitative estimate of drug-likeness (QED) is 0.803. The monoisotopic (exact) mass is 365 g/mol. The lowest BCUT2D eigenvalue weighted by Gasteiger charge is -2.42. The number of nitriles is 1. The number of amides is 1. The maximum absolute atomic E-state index is 12.2. The molecule has 1 saturated carbocycles. The molecule has 1 N–H and O–H groups in total. The van der Waals surface area contributed by atoms with Gasteiger partial charge in [-0.15, -0.1) is 11.5 Å². The van der Waals surface area contributed by atoms with Gasteiger partial charge in [0.05, 0.1) is 17.6 Å². The van der Waals surface area contributed by atoms with E-state index in [1.54, 1.807) is 32.0 Å². The summed E-state index contributed by atoms with van der Waals surface area (Å²) >= 11 is 0. The Morgan fingerprint density at radius 1 is 1.48 bits per heavy atom. The molecule has 1 fully saturated rings. The molecule has 0 saturated heterocycles. The number of carbonyl (C=O) groups excluding carboxylic acids is 1. The van der Waals surface area contributed by atoms with Crippen molar-refractivity contribution in [2.24, 2.45) is 16.9 Å². The summed E-state index contributed by atoms with van der Waals surface area (Å²) in [6, 6.07) is 7.10. The van der Waals surface area contributed by atoms with Crippen LogP contribution in [0.15, 0.2) is 23.3 Å². The Bertz CT molecular complexity index is 924. The smallest absolute Gasteiger partial charge is 0.247 e. The molecule has 4 rings (SSSR count). The maximum Gasteiger partial charge on any atom is 0.247 e. The van der Waals surface area contributed by atoms with Crippen LogP contribution in [0.25, 0.3) is 0 Å². The molecular formula is C20H19N3O4. The van der Waals surface area contributed by atoms with Gasteiger partial charge in [-0.05, 0) is 38.5 Å². The van der Waals surface area contributed by atoms with Crippen LogP contribution in [0.5, 0.6) is 5.75 Å². The molecule has 1 aromatic carbocycles. The average molecular weight is 365 g/mol. The van der Waals surface area contributed by atoms with E-state index in [0.717, 1.165) is 0 Å². The van der Waals surface area contributed by atoms with E-state index >= 15 is 0 Å². The van der Waals surface area contributed by atoms with Gasteiger partial charge in [0.25, 0.3) is 0 Å². The van der Waals surface area contributed by atoms with Gasteiger partial charge in [-0.25, -0.2) is 5.01 Å². The fraction of sp³-hybridized carbons (Fsp3) is 0.450. The second-order valence-corrected chi connectivity index (χ2v) is 7.54. The van der Waals surface area contributed by atoms with Crippen molar-refractivity contribution in [3.8, 4) is 24.2 Å². The second kappa shape index (κ2) is 6.00.